The van der Waals surface area contributed by atoms with Gasteiger partial charge in [-0.3, -0.25) is 0 Å². The molecule has 0 aromatic heterocycles. The van der Waals surface area contributed by atoms with Crippen molar-refractivity contribution in [3.05, 3.63) is 150 Å². The molecule has 4 aliphatic rings. The first-order valence-corrected chi connectivity index (χ1v) is 19.8. The van der Waals surface area contributed by atoms with E-state index in [-0.39, 0.29) is 5.41 Å². The van der Waals surface area contributed by atoms with Gasteiger partial charge in [0.25, 0.3) is 0 Å². The lowest BCUT2D eigenvalue weighted by atomic mass is 9.78. The Kier molecular flexibility index (Phi) is 7.49. The van der Waals surface area contributed by atoms with Crippen molar-refractivity contribution in [3.8, 4) is 22.3 Å². The fraction of sp³-hybridized carbons (Fsp3) is 0.320. The number of fused-ring (bicyclic) bond motifs is 6. The van der Waals surface area contributed by atoms with Crippen LogP contribution in [-0.4, -0.2) is 0 Å². The molecule has 1 nitrogen and oxygen atoms in total. The number of hydrogen-bond acceptors (Lipinski definition) is 1. The Morgan fingerprint density at radius 3 is 2.18 bits per heavy atom. The van der Waals surface area contributed by atoms with Crippen molar-refractivity contribution in [2.45, 2.75) is 88.9 Å². The Bertz CT molecular complexity index is 2250. The van der Waals surface area contributed by atoms with Crippen molar-refractivity contribution in [2.24, 2.45) is 11.8 Å². The second-order valence-electron chi connectivity index (χ2n) is 16.8. The Labute approximate surface area is 304 Å². The van der Waals surface area contributed by atoms with Crippen molar-refractivity contribution in [3.63, 3.8) is 0 Å². The van der Waals surface area contributed by atoms with E-state index in [9.17, 15) is 0 Å². The van der Waals surface area contributed by atoms with Crippen LogP contribution in [-0.2, 0) is 5.41 Å². The second kappa shape index (κ2) is 12.3. The lowest BCUT2D eigenvalue weighted by Crippen LogP contribution is -2.19. The van der Waals surface area contributed by atoms with Gasteiger partial charge in [-0.1, -0.05) is 131 Å². The fourth-order valence-electron chi connectivity index (χ4n) is 11.0. The minimum absolute atomic E-state index is 0.149. The van der Waals surface area contributed by atoms with Gasteiger partial charge in [0.05, 0.1) is 5.69 Å². The summed E-state index contributed by atoms with van der Waals surface area (Å²) in [7, 11) is 0. The molecule has 10 rings (SSSR count). The molecular formula is C50H49N. The highest BCUT2D eigenvalue weighted by Gasteiger charge is 2.41. The molecule has 0 N–H and O–H groups in total. The Morgan fingerprint density at radius 1 is 0.569 bits per heavy atom. The van der Waals surface area contributed by atoms with Crippen LogP contribution in [0.4, 0.5) is 17.1 Å². The zero-order chi connectivity index (χ0) is 34.1. The third-order valence-electron chi connectivity index (χ3n) is 13.5. The van der Waals surface area contributed by atoms with E-state index in [0.29, 0.717) is 5.92 Å². The molecule has 254 valence electrons. The standard InChI is InChI=1S/C50H49N/c1-50(2)46-18-9-8-17-43(46)44-27-28-47(48(49(44)50)40-22-21-35-13-6-7-14-37(35)31-40)51(42-16-10-15-38(32-42)34-11-4-3-5-12-34)41-25-23-36(24-26-41)45-30-33-19-20-39(45)29-33/h6-10,13-18,21-28,31-34,39,45H,3-5,11-12,19-20,29-30H2,1-2H3. The molecule has 3 unspecified atom stereocenters. The molecule has 2 bridgehead atoms. The number of rotatable bonds is 6. The minimum atomic E-state index is -0.149. The molecule has 0 heterocycles. The lowest BCUT2D eigenvalue weighted by Gasteiger charge is -2.33. The Morgan fingerprint density at radius 2 is 1.37 bits per heavy atom. The smallest absolute Gasteiger partial charge is 0.0543 e. The lowest BCUT2D eigenvalue weighted by molar-refractivity contribution is 0.420. The highest BCUT2D eigenvalue weighted by molar-refractivity contribution is 5.99. The zero-order valence-corrected chi connectivity index (χ0v) is 30.2. The van der Waals surface area contributed by atoms with E-state index >= 15 is 0 Å². The fourth-order valence-corrected chi connectivity index (χ4v) is 11.0. The molecule has 3 saturated carbocycles. The Hall–Kier alpha value is -4.62. The highest BCUT2D eigenvalue weighted by Crippen LogP contribution is 2.57. The van der Waals surface area contributed by atoms with Crippen LogP contribution in [0.2, 0.25) is 0 Å². The van der Waals surface area contributed by atoms with Crippen LogP contribution in [0.25, 0.3) is 33.0 Å². The summed E-state index contributed by atoms with van der Waals surface area (Å²) < 4.78 is 0. The quantitative estimate of drug-likeness (QED) is 0.171. The van der Waals surface area contributed by atoms with Crippen molar-refractivity contribution < 1.29 is 0 Å². The summed E-state index contributed by atoms with van der Waals surface area (Å²) in [6.45, 7) is 4.87. The predicted octanol–water partition coefficient (Wildman–Crippen LogP) is 14.2. The van der Waals surface area contributed by atoms with Crippen LogP contribution in [0.3, 0.4) is 0 Å². The first kappa shape index (κ1) is 31.1. The second-order valence-corrected chi connectivity index (χ2v) is 16.8. The van der Waals surface area contributed by atoms with Crippen molar-refractivity contribution in [1.29, 1.82) is 0 Å². The molecular weight excluding hydrogens is 615 g/mol. The van der Waals surface area contributed by atoms with Crippen molar-refractivity contribution in [2.75, 3.05) is 4.90 Å². The largest absolute Gasteiger partial charge is 0.310 e. The summed E-state index contributed by atoms with van der Waals surface area (Å²) in [6.07, 6.45) is 12.3. The molecule has 6 aromatic rings. The SMILES string of the molecule is CC1(C)c2ccccc2-c2ccc(N(c3ccc(C4CC5CCC4C5)cc3)c3cccc(C4CCCCC4)c3)c(-c3ccc4ccccc4c3)c21. The number of nitrogens with zero attached hydrogens (tertiary/aromatic N) is 1. The summed E-state index contributed by atoms with van der Waals surface area (Å²) in [4.78, 5) is 2.60. The molecule has 0 saturated heterocycles. The summed E-state index contributed by atoms with van der Waals surface area (Å²) in [5.41, 5.74) is 14.9. The molecule has 1 heteroatoms. The van der Waals surface area contributed by atoms with Gasteiger partial charge < -0.3 is 4.90 Å². The zero-order valence-electron chi connectivity index (χ0n) is 30.2. The van der Waals surface area contributed by atoms with E-state index < -0.39 is 0 Å². The van der Waals surface area contributed by atoms with Crippen LogP contribution in [0.15, 0.2) is 127 Å². The highest BCUT2D eigenvalue weighted by atomic mass is 15.1. The molecule has 3 fully saturated rings. The van der Waals surface area contributed by atoms with E-state index in [1.807, 2.05) is 0 Å². The molecule has 6 aromatic carbocycles. The number of hydrogen-bond donors (Lipinski definition) is 0. The third-order valence-corrected chi connectivity index (χ3v) is 13.5. The molecule has 0 radical (unpaired) electrons. The first-order chi connectivity index (χ1) is 25.0. The van der Waals surface area contributed by atoms with Gasteiger partial charge in [-0.05, 0) is 142 Å². The van der Waals surface area contributed by atoms with Gasteiger partial charge in [0.2, 0.25) is 0 Å². The van der Waals surface area contributed by atoms with E-state index in [2.05, 4.69) is 146 Å². The van der Waals surface area contributed by atoms with Crippen LogP contribution in [0, 0.1) is 11.8 Å². The Balaban J connectivity index is 1.20. The predicted molar refractivity (Wildman–Crippen MR) is 216 cm³/mol. The van der Waals surface area contributed by atoms with Gasteiger partial charge in [-0.25, -0.2) is 0 Å². The molecule has 0 aliphatic heterocycles. The average Bonchev–Trinajstić information content (AvgIpc) is 3.88. The van der Waals surface area contributed by atoms with Crippen LogP contribution in [0.1, 0.15) is 106 Å². The summed E-state index contributed by atoms with van der Waals surface area (Å²) in [6, 6.07) is 49.3. The van der Waals surface area contributed by atoms with Gasteiger partial charge in [0, 0.05) is 22.4 Å². The maximum absolute atomic E-state index is 2.60. The van der Waals surface area contributed by atoms with Gasteiger partial charge in [-0.15, -0.1) is 0 Å². The van der Waals surface area contributed by atoms with Crippen LogP contribution >= 0.6 is 0 Å². The van der Waals surface area contributed by atoms with E-state index in [0.717, 1.165) is 17.8 Å². The van der Waals surface area contributed by atoms with Crippen molar-refractivity contribution >= 4 is 27.8 Å². The topological polar surface area (TPSA) is 3.24 Å². The summed E-state index contributed by atoms with van der Waals surface area (Å²) in [5.74, 6) is 3.20. The maximum Gasteiger partial charge on any atom is 0.0543 e. The molecule has 4 aliphatic carbocycles. The number of benzene rings is 6. The van der Waals surface area contributed by atoms with Gasteiger partial charge in [0.1, 0.15) is 0 Å². The summed E-state index contributed by atoms with van der Waals surface area (Å²) in [5, 5.41) is 2.57. The average molecular weight is 664 g/mol. The number of anilines is 3. The van der Waals surface area contributed by atoms with Crippen LogP contribution < -0.4 is 4.90 Å². The summed E-state index contributed by atoms with van der Waals surface area (Å²) >= 11 is 0. The molecule has 0 spiro atoms. The molecule has 0 amide bonds. The van der Waals surface area contributed by atoms with Gasteiger partial charge in [-0.2, -0.15) is 0 Å². The normalized spacial score (nSPS) is 21.9. The third kappa shape index (κ3) is 5.18. The first-order valence-electron chi connectivity index (χ1n) is 19.8. The minimum Gasteiger partial charge on any atom is -0.310 e. The van der Waals surface area contributed by atoms with Crippen LogP contribution in [0.5, 0.6) is 0 Å². The molecule has 51 heavy (non-hydrogen) atoms. The van der Waals surface area contributed by atoms with E-state index in [1.165, 1.54) is 125 Å². The van der Waals surface area contributed by atoms with Gasteiger partial charge in [0.15, 0.2) is 0 Å². The van der Waals surface area contributed by atoms with Gasteiger partial charge >= 0.3 is 0 Å². The maximum atomic E-state index is 2.60. The monoisotopic (exact) mass is 663 g/mol. The van der Waals surface area contributed by atoms with E-state index in [4.69, 9.17) is 0 Å². The molecule has 3 atom stereocenters. The van der Waals surface area contributed by atoms with Crippen molar-refractivity contribution in [1.82, 2.24) is 0 Å². The van der Waals surface area contributed by atoms with E-state index in [1.54, 1.807) is 5.56 Å².